The van der Waals surface area contributed by atoms with Gasteiger partial charge in [-0.15, -0.1) is 0 Å². The van der Waals surface area contributed by atoms with Crippen molar-refractivity contribution < 1.29 is 9.47 Å². The normalized spacial score (nSPS) is 27.3. The summed E-state index contributed by atoms with van der Waals surface area (Å²) < 4.78 is 10.4. The Labute approximate surface area is 63.0 Å². The summed E-state index contributed by atoms with van der Waals surface area (Å²) in [5.41, 5.74) is 0. The molecule has 1 aliphatic rings. The van der Waals surface area contributed by atoms with Gasteiger partial charge in [0.15, 0.2) is 0 Å². The molecular formula is C4H14O2Si3. The average Bonchev–Trinajstić information content (AvgIpc) is 2.63. The summed E-state index contributed by atoms with van der Waals surface area (Å²) in [4.78, 5) is 0. The summed E-state index contributed by atoms with van der Waals surface area (Å²) in [5.74, 6) is 0. The Balaban J connectivity index is 1.71. The third-order valence-electron chi connectivity index (χ3n) is 1.35. The number of hydrogen-bond acceptors (Lipinski definition) is 2. The second-order valence-electron chi connectivity index (χ2n) is 2.38. The predicted molar refractivity (Wildman–Crippen MR) is 47.6 cm³/mol. The molecule has 1 heterocycles. The lowest BCUT2D eigenvalue weighted by molar-refractivity contribution is 0.154. The highest BCUT2D eigenvalue weighted by atomic mass is 29.5. The van der Waals surface area contributed by atoms with Crippen molar-refractivity contribution in [3.05, 3.63) is 0 Å². The Morgan fingerprint density at radius 1 is 1.78 bits per heavy atom. The summed E-state index contributed by atoms with van der Waals surface area (Å²) in [7, 11) is 2.34. The third kappa shape index (κ3) is 4.04. The molecule has 2 nitrogen and oxygen atoms in total. The standard InChI is InChI=1S/C4H14O2Si3/c7-9-8-3-5-1-4-2-6-4/h4H,1-3,8-9H2,7H3. The molecule has 0 radical (unpaired) electrons. The Hall–Kier alpha value is 0.571. The molecule has 0 aliphatic carbocycles. The van der Waals surface area contributed by atoms with Crippen LogP contribution in [0.5, 0.6) is 0 Å². The zero-order valence-corrected chi connectivity index (χ0v) is 10.8. The molecule has 0 aromatic carbocycles. The molecule has 0 N–H and O–H groups in total. The molecule has 1 atom stereocenters. The van der Waals surface area contributed by atoms with Crippen LogP contribution in [-0.2, 0) is 9.47 Å². The van der Waals surface area contributed by atoms with Crippen LogP contribution in [0.1, 0.15) is 0 Å². The zero-order chi connectivity index (χ0) is 6.53. The first-order valence-electron chi connectivity index (χ1n) is 3.63. The van der Waals surface area contributed by atoms with Gasteiger partial charge in [0.2, 0.25) is 0 Å². The Morgan fingerprint density at radius 3 is 3.11 bits per heavy atom. The first-order valence-corrected chi connectivity index (χ1v) is 14.3. The molecule has 0 aromatic rings. The summed E-state index contributed by atoms with van der Waals surface area (Å²) in [6.45, 7) is 1.82. The van der Waals surface area contributed by atoms with Crippen molar-refractivity contribution in [3.8, 4) is 0 Å². The minimum Gasteiger partial charge on any atom is -0.383 e. The molecule has 1 unspecified atom stereocenters. The largest absolute Gasteiger partial charge is 0.383 e. The van der Waals surface area contributed by atoms with Crippen molar-refractivity contribution in [2.45, 2.75) is 6.10 Å². The fourth-order valence-corrected chi connectivity index (χ4v) is 5.36. The second-order valence-corrected chi connectivity index (χ2v) is 18.6. The summed E-state index contributed by atoms with van der Waals surface area (Å²) in [6, 6.07) is 0. The van der Waals surface area contributed by atoms with Crippen LogP contribution < -0.4 is 0 Å². The molecule has 1 fully saturated rings. The summed E-state index contributed by atoms with van der Waals surface area (Å²) >= 11 is 0. The molecule has 0 amide bonds. The van der Waals surface area contributed by atoms with E-state index in [2.05, 4.69) is 0 Å². The van der Waals surface area contributed by atoms with E-state index in [1.54, 1.807) is 0 Å². The fraction of sp³-hybridized carbons (Fsp3) is 1.00. The fourth-order valence-electron chi connectivity index (χ4n) is 0.625. The zero-order valence-electron chi connectivity index (χ0n) is 5.93. The summed E-state index contributed by atoms with van der Waals surface area (Å²) in [6.07, 6.45) is 1.62. The van der Waals surface area contributed by atoms with Gasteiger partial charge in [0.05, 0.1) is 13.2 Å². The van der Waals surface area contributed by atoms with Gasteiger partial charge in [-0.3, -0.25) is 0 Å². The van der Waals surface area contributed by atoms with E-state index in [0.717, 1.165) is 19.4 Å². The molecular weight excluding hydrogens is 164 g/mol. The van der Waals surface area contributed by atoms with E-state index < -0.39 is 0 Å². The molecule has 0 aromatic heterocycles. The maximum Gasteiger partial charge on any atom is 0.104 e. The van der Waals surface area contributed by atoms with Crippen LogP contribution in [-0.4, -0.2) is 52.9 Å². The smallest absolute Gasteiger partial charge is 0.104 e. The minimum atomic E-state index is 0.329. The lowest BCUT2D eigenvalue weighted by atomic mass is 10.5. The van der Waals surface area contributed by atoms with Crippen molar-refractivity contribution in [1.82, 2.24) is 0 Å². The average molecular weight is 178 g/mol. The Morgan fingerprint density at radius 2 is 2.56 bits per heavy atom. The van der Waals surface area contributed by atoms with E-state index in [4.69, 9.17) is 9.47 Å². The van der Waals surface area contributed by atoms with Gasteiger partial charge in [-0.2, -0.15) is 0 Å². The lowest BCUT2D eigenvalue weighted by Gasteiger charge is -1.96. The summed E-state index contributed by atoms with van der Waals surface area (Å²) in [5, 5.41) is 0. The molecule has 0 saturated carbocycles. The predicted octanol–water partition coefficient (Wildman–Crippen LogP) is -3.11. The monoisotopic (exact) mass is 178 g/mol. The van der Waals surface area contributed by atoms with Gasteiger partial charge in [-0.25, -0.2) is 0 Å². The van der Waals surface area contributed by atoms with Gasteiger partial charge in [0.1, 0.15) is 6.10 Å². The van der Waals surface area contributed by atoms with Crippen LogP contribution in [0.15, 0.2) is 0 Å². The molecule has 1 aliphatic heterocycles. The Kier molecular flexibility index (Phi) is 3.75. The van der Waals surface area contributed by atoms with Crippen molar-refractivity contribution >= 4 is 27.4 Å². The highest BCUT2D eigenvalue weighted by Crippen LogP contribution is 2.07. The molecule has 5 heteroatoms. The second kappa shape index (κ2) is 4.40. The topological polar surface area (TPSA) is 21.8 Å². The highest BCUT2D eigenvalue weighted by Gasteiger charge is 2.21. The SMILES string of the molecule is [SiH3][SiH2][SiH2]COCC1CO1. The van der Waals surface area contributed by atoms with Crippen LogP contribution >= 0.6 is 0 Å². The van der Waals surface area contributed by atoms with E-state index in [1.807, 2.05) is 0 Å². The van der Waals surface area contributed by atoms with Gasteiger partial charge in [-0.1, -0.05) is 0 Å². The number of rotatable bonds is 5. The van der Waals surface area contributed by atoms with Gasteiger partial charge >= 0.3 is 0 Å². The number of hydrogen-bond donors (Lipinski definition) is 0. The van der Waals surface area contributed by atoms with Crippen LogP contribution in [0.2, 0.25) is 0 Å². The lowest BCUT2D eigenvalue weighted by Crippen LogP contribution is -2.14. The Bertz CT molecular complexity index is 76.2. The van der Waals surface area contributed by atoms with Crippen molar-refractivity contribution in [1.29, 1.82) is 0 Å². The first kappa shape index (κ1) is 7.68. The van der Waals surface area contributed by atoms with E-state index in [9.17, 15) is 0 Å². The minimum absolute atomic E-state index is 0.329. The van der Waals surface area contributed by atoms with Crippen LogP contribution in [0, 0.1) is 0 Å². The molecule has 9 heavy (non-hydrogen) atoms. The molecule has 0 bridgehead atoms. The van der Waals surface area contributed by atoms with Crippen LogP contribution in [0.3, 0.4) is 0 Å². The van der Waals surface area contributed by atoms with E-state index in [0.29, 0.717) is 23.7 Å². The molecule has 1 rings (SSSR count). The molecule has 54 valence electrons. The molecule has 1 saturated heterocycles. The quantitative estimate of drug-likeness (QED) is 0.253. The third-order valence-corrected chi connectivity index (χ3v) is 12.0. The van der Waals surface area contributed by atoms with E-state index in [-0.39, 0.29) is 0 Å². The van der Waals surface area contributed by atoms with E-state index >= 15 is 0 Å². The van der Waals surface area contributed by atoms with E-state index in [1.165, 1.54) is 9.76 Å². The maximum absolute atomic E-state index is 5.39. The van der Waals surface area contributed by atoms with Crippen molar-refractivity contribution in [3.63, 3.8) is 0 Å². The number of ether oxygens (including phenoxy) is 2. The van der Waals surface area contributed by atoms with Gasteiger partial charge < -0.3 is 9.47 Å². The van der Waals surface area contributed by atoms with Gasteiger partial charge in [-0.05, 0) is 18.3 Å². The number of epoxide rings is 1. The van der Waals surface area contributed by atoms with Gasteiger partial charge in [0, 0.05) is 15.3 Å². The maximum atomic E-state index is 5.39. The molecule has 0 spiro atoms. The van der Waals surface area contributed by atoms with Gasteiger partial charge in [0.25, 0.3) is 0 Å². The van der Waals surface area contributed by atoms with Crippen LogP contribution in [0.4, 0.5) is 0 Å². The van der Waals surface area contributed by atoms with Crippen molar-refractivity contribution in [2.75, 3.05) is 19.4 Å². The van der Waals surface area contributed by atoms with Crippen LogP contribution in [0.25, 0.3) is 0 Å². The highest BCUT2D eigenvalue weighted by molar-refractivity contribution is 7.23. The van der Waals surface area contributed by atoms with Crippen molar-refractivity contribution in [2.24, 2.45) is 0 Å². The first-order chi connectivity index (χ1) is 4.43.